The van der Waals surface area contributed by atoms with Gasteiger partial charge in [-0.1, -0.05) is 49.4 Å². The average molecular weight is 446 g/mol. The number of anilines is 2. The fraction of sp³-hybridized carbons (Fsp3) is 0.333. The van der Waals surface area contributed by atoms with Crippen molar-refractivity contribution in [1.82, 2.24) is 4.90 Å². The number of carbonyl (C=O) groups excluding carboxylic acids is 2. The summed E-state index contributed by atoms with van der Waals surface area (Å²) in [6.07, 6.45) is 3.37. The van der Waals surface area contributed by atoms with Crippen LogP contribution in [0.4, 0.5) is 11.4 Å². The molecule has 0 bridgehead atoms. The Balaban J connectivity index is 1.55. The lowest BCUT2D eigenvalue weighted by Crippen LogP contribution is -2.52. The van der Waals surface area contributed by atoms with Gasteiger partial charge in [0.05, 0.1) is 17.6 Å². The molecule has 1 aliphatic heterocycles. The van der Waals surface area contributed by atoms with Gasteiger partial charge in [-0.15, -0.1) is 0 Å². The summed E-state index contributed by atoms with van der Waals surface area (Å²) >= 11 is 0. The van der Waals surface area contributed by atoms with Crippen LogP contribution in [0.5, 0.6) is 0 Å². The molecule has 2 heterocycles. The Bertz CT molecular complexity index is 1070. The second-order valence-corrected chi connectivity index (χ2v) is 8.72. The summed E-state index contributed by atoms with van der Waals surface area (Å²) in [6, 6.07) is 21.4. The van der Waals surface area contributed by atoms with Crippen LogP contribution in [0.2, 0.25) is 0 Å². The Kier molecular flexibility index (Phi) is 7.25. The van der Waals surface area contributed by atoms with E-state index in [1.807, 2.05) is 35.2 Å². The highest BCUT2D eigenvalue weighted by molar-refractivity contribution is 6.07. The van der Waals surface area contributed by atoms with Crippen LogP contribution in [-0.4, -0.2) is 42.4 Å². The number of likely N-dealkylation sites (tertiary alicyclic amines) is 1. The summed E-state index contributed by atoms with van der Waals surface area (Å²) in [5.74, 6) is 0.189. The number of hydrogen-bond donors (Lipinski definition) is 1. The highest BCUT2D eigenvalue weighted by Crippen LogP contribution is 2.34. The zero-order chi connectivity index (χ0) is 23.2. The molecule has 3 aromatic rings. The number of piperidine rings is 1. The molecule has 0 radical (unpaired) electrons. The third-order valence-electron chi connectivity index (χ3n) is 6.26. The highest BCUT2D eigenvalue weighted by atomic mass is 16.3. The van der Waals surface area contributed by atoms with Crippen LogP contribution in [-0.2, 0) is 11.2 Å². The Labute approximate surface area is 195 Å². The maximum absolute atomic E-state index is 13.6. The molecule has 1 aromatic heterocycles. The fourth-order valence-corrected chi connectivity index (χ4v) is 4.67. The maximum Gasteiger partial charge on any atom is 0.294 e. The molecule has 6 nitrogen and oxygen atoms in total. The van der Waals surface area contributed by atoms with Crippen molar-refractivity contribution in [3.05, 3.63) is 84.3 Å². The van der Waals surface area contributed by atoms with Crippen molar-refractivity contribution in [1.29, 1.82) is 0 Å². The summed E-state index contributed by atoms with van der Waals surface area (Å²) in [5, 5.41) is 2.88. The Morgan fingerprint density at radius 3 is 2.52 bits per heavy atom. The lowest BCUT2D eigenvalue weighted by atomic mass is 9.91. The maximum atomic E-state index is 13.6. The molecule has 2 aromatic carbocycles. The van der Waals surface area contributed by atoms with Crippen LogP contribution in [0, 0.1) is 5.92 Å². The first kappa shape index (κ1) is 22.8. The van der Waals surface area contributed by atoms with Crippen LogP contribution < -0.4 is 10.2 Å². The lowest BCUT2D eigenvalue weighted by Gasteiger charge is -2.43. The molecule has 6 heteroatoms. The zero-order valence-electron chi connectivity index (χ0n) is 19.2. The molecular formula is C27H31N3O3. The van der Waals surface area contributed by atoms with Gasteiger partial charge in [0, 0.05) is 32.6 Å². The van der Waals surface area contributed by atoms with E-state index >= 15 is 0 Å². The predicted molar refractivity (Wildman–Crippen MR) is 130 cm³/mol. The molecule has 1 saturated heterocycles. The molecule has 172 valence electrons. The Morgan fingerprint density at radius 2 is 1.82 bits per heavy atom. The third-order valence-corrected chi connectivity index (χ3v) is 6.26. The SMILES string of the molecule is CC(=O)Nc1ccccc1N(C(=O)c1ccco1)[C@H]1CCN(CCc2ccccc2)C[C@H]1C. The molecule has 33 heavy (non-hydrogen) atoms. The lowest BCUT2D eigenvalue weighted by molar-refractivity contribution is -0.114. The molecule has 1 N–H and O–H groups in total. The normalized spacial score (nSPS) is 18.6. The third kappa shape index (κ3) is 5.52. The van der Waals surface area contributed by atoms with Gasteiger partial charge >= 0.3 is 0 Å². The van der Waals surface area contributed by atoms with E-state index in [-0.39, 0.29) is 23.8 Å². The number of furan rings is 1. The number of rotatable bonds is 7. The average Bonchev–Trinajstić information content (AvgIpc) is 3.35. The molecule has 1 fully saturated rings. The van der Waals surface area contributed by atoms with Crippen molar-refractivity contribution in [3.8, 4) is 0 Å². The van der Waals surface area contributed by atoms with Crippen molar-refractivity contribution in [2.24, 2.45) is 5.92 Å². The number of amides is 2. The molecule has 0 aliphatic carbocycles. The minimum absolute atomic E-state index is 0.00881. The van der Waals surface area contributed by atoms with Crippen LogP contribution in [0.1, 0.15) is 36.4 Å². The fourth-order valence-electron chi connectivity index (χ4n) is 4.67. The summed E-state index contributed by atoms with van der Waals surface area (Å²) < 4.78 is 5.46. The standard InChI is InChI=1S/C27H31N3O3/c1-20-19-29(16-14-22-9-4-3-5-10-22)17-15-24(20)30(27(32)26-13-8-18-33-26)25-12-7-6-11-23(25)28-21(2)31/h3-13,18,20,24H,14-17,19H2,1-2H3,(H,28,31)/t20-,24+/m1/s1. The number of para-hydroxylation sites is 2. The summed E-state index contributed by atoms with van der Waals surface area (Å²) in [7, 11) is 0. The van der Waals surface area contributed by atoms with E-state index in [1.165, 1.54) is 18.8 Å². The van der Waals surface area contributed by atoms with E-state index in [4.69, 9.17) is 4.42 Å². The van der Waals surface area contributed by atoms with Gasteiger partial charge in [0.2, 0.25) is 5.91 Å². The monoisotopic (exact) mass is 445 g/mol. The van der Waals surface area contributed by atoms with E-state index < -0.39 is 0 Å². The van der Waals surface area contributed by atoms with Crippen molar-refractivity contribution in [2.75, 3.05) is 29.9 Å². The number of benzene rings is 2. The smallest absolute Gasteiger partial charge is 0.294 e. The van der Waals surface area contributed by atoms with Crippen LogP contribution in [0.3, 0.4) is 0 Å². The van der Waals surface area contributed by atoms with E-state index in [2.05, 4.69) is 41.4 Å². The van der Waals surface area contributed by atoms with E-state index in [1.54, 1.807) is 12.1 Å². The van der Waals surface area contributed by atoms with Gasteiger partial charge in [0.1, 0.15) is 0 Å². The van der Waals surface area contributed by atoms with Crippen LogP contribution in [0.25, 0.3) is 0 Å². The number of nitrogens with one attached hydrogen (secondary N) is 1. The minimum Gasteiger partial charge on any atom is -0.459 e. The molecule has 2 amide bonds. The van der Waals surface area contributed by atoms with Gasteiger partial charge in [-0.2, -0.15) is 0 Å². The Hall–Kier alpha value is -3.38. The topological polar surface area (TPSA) is 65.8 Å². The molecule has 1 aliphatic rings. The summed E-state index contributed by atoms with van der Waals surface area (Å²) in [4.78, 5) is 29.7. The highest BCUT2D eigenvalue weighted by Gasteiger charge is 2.36. The zero-order valence-corrected chi connectivity index (χ0v) is 19.2. The minimum atomic E-state index is -0.188. The summed E-state index contributed by atoms with van der Waals surface area (Å²) in [6.45, 7) is 6.48. The Morgan fingerprint density at radius 1 is 1.06 bits per heavy atom. The first-order valence-electron chi connectivity index (χ1n) is 11.5. The molecule has 0 spiro atoms. The summed E-state index contributed by atoms with van der Waals surface area (Å²) in [5.41, 5.74) is 2.67. The van der Waals surface area contributed by atoms with Gasteiger partial charge in [-0.25, -0.2) is 0 Å². The number of hydrogen-bond acceptors (Lipinski definition) is 4. The first-order chi connectivity index (χ1) is 16.0. The van der Waals surface area contributed by atoms with Crippen LogP contribution in [0.15, 0.2) is 77.4 Å². The van der Waals surface area contributed by atoms with E-state index in [0.29, 0.717) is 17.1 Å². The molecule has 2 atom stereocenters. The van der Waals surface area contributed by atoms with Crippen molar-refractivity contribution in [3.63, 3.8) is 0 Å². The predicted octanol–water partition coefficient (Wildman–Crippen LogP) is 4.84. The van der Waals surface area contributed by atoms with Crippen LogP contribution >= 0.6 is 0 Å². The second-order valence-electron chi connectivity index (χ2n) is 8.72. The number of carbonyl (C=O) groups is 2. The first-order valence-corrected chi connectivity index (χ1v) is 11.5. The largest absolute Gasteiger partial charge is 0.459 e. The number of nitrogens with zero attached hydrogens (tertiary/aromatic N) is 2. The van der Waals surface area contributed by atoms with Gasteiger partial charge in [0.25, 0.3) is 5.91 Å². The molecular weight excluding hydrogens is 414 g/mol. The van der Waals surface area contributed by atoms with E-state index in [9.17, 15) is 9.59 Å². The second kappa shape index (κ2) is 10.5. The quantitative estimate of drug-likeness (QED) is 0.565. The van der Waals surface area contributed by atoms with Crippen molar-refractivity contribution in [2.45, 2.75) is 32.7 Å². The van der Waals surface area contributed by atoms with E-state index in [0.717, 1.165) is 32.5 Å². The van der Waals surface area contributed by atoms with Crippen molar-refractivity contribution >= 4 is 23.2 Å². The van der Waals surface area contributed by atoms with Gasteiger partial charge in [-0.3, -0.25) is 9.59 Å². The van der Waals surface area contributed by atoms with Gasteiger partial charge < -0.3 is 19.5 Å². The van der Waals surface area contributed by atoms with Gasteiger partial charge in [-0.05, 0) is 48.6 Å². The van der Waals surface area contributed by atoms with Crippen molar-refractivity contribution < 1.29 is 14.0 Å². The van der Waals surface area contributed by atoms with Gasteiger partial charge in [0.15, 0.2) is 5.76 Å². The molecule has 4 rings (SSSR count). The molecule has 0 saturated carbocycles. The molecule has 0 unspecified atom stereocenters.